The van der Waals surface area contributed by atoms with Crippen LogP contribution in [-0.4, -0.2) is 16.9 Å². The fraction of sp³-hybridized carbons (Fsp3) is 0.462. The average molecular weight is 331 g/mol. The van der Waals surface area contributed by atoms with Crippen LogP contribution in [0.5, 0.6) is 0 Å². The van der Waals surface area contributed by atoms with E-state index in [1.54, 1.807) is 0 Å². The second-order valence-electron chi connectivity index (χ2n) is 4.00. The van der Waals surface area contributed by atoms with Crippen molar-refractivity contribution in [3.05, 3.63) is 34.9 Å². The maximum atomic E-state index is 11.6. The van der Waals surface area contributed by atoms with Crippen LogP contribution in [0.25, 0.3) is 0 Å². The van der Waals surface area contributed by atoms with Crippen LogP contribution in [0.1, 0.15) is 23.1 Å². The molecule has 1 amide bonds. The number of carbonyl (C=O) groups excluding carboxylic acids is 1. The number of carbonyl (C=O) groups is 1. The van der Waals surface area contributed by atoms with Crippen molar-refractivity contribution in [2.24, 2.45) is 0 Å². The lowest BCUT2D eigenvalue weighted by Crippen LogP contribution is -2.26. The van der Waals surface area contributed by atoms with Crippen molar-refractivity contribution in [3.8, 4) is 0 Å². The normalized spacial score (nSPS) is 10.2. The van der Waals surface area contributed by atoms with Gasteiger partial charge in [0.2, 0.25) is 5.91 Å². The lowest BCUT2D eigenvalue weighted by molar-refractivity contribution is -0.120. The Balaban J connectivity index is 2.52. The van der Waals surface area contributed by atoms with E-state index in [0.717, 1.165) is 23.0 Å². The minimum absolute atomic E-state index is 0.124. The van der Waals surface area contributed by atoms with E-state index in [1.807, 2.05) is 6.92 Å². The Hall–Kier alpha value is -0.580. The number of halogens is 1. The molecule has 0 aliphatic rings. The smallest absolute Gasteiger partial charge is 0.224 e. The quantitative estimate of drug-likeness (QED) is 0.502. The van der Waals surface area contributed by atoms with Crippen molar-refractivity contribution in [3.63, 3.8) is 0 Å². The Morgan fingerprint density at radius 3 is 2.81 bits per heavy atom. The molecule has 2 nitrogen and oxygen atoms in total. The number of benzene rings is 1. The molecule has 0 unspecified atom stereocenters. The Bertz CT molecular complexity index is 363. The van der Waals surface area contributed by atoms with Crippen molar-refractivity contribution in [2.75, 3.05) is 11.0 Å². The molecule has 0 radical (unpaired) electrons. The molecule has 0 aliphatic heterocycles. The molecule has 0 aromatic heterocycles. The van der Waals surface area contributed by atoms with Crippen LogP contribution in [0.4, 0.5) is 0 Å². The van der Waals surface area contributed by atoms with Gasteiger partial charge in [-0.2, -0.15) is 0 Å². The molecule has 0 heterocycles. The monoisotopic (exact) mass is 331 g/mol. The molecule has 1 aromatic carbocycles. The van der Waals surface area contributed by atoms with E-state index in [4.69, 9.17) is 0 Å². The molecule has 1 aromatic rings. The summed E-state index contributed by atoms with van der Waals surface area (Å²) in [6.07, 6.45) is 1.54. The Labute approximate surface area is 111 Å². The average Bonchev–Trinajstić information content (AvgIpc) is 2.24. The number of alkyl halides is 1. The number of hydrogen-bond acceptors (Lipinski definition) is 1. The molecule has 0 bridgehead atoms. The van der Waals surface area contributed by atoms with Gasteiger partial charge in [-0.15, -0.1) is 0 Å². The summed E-state index contributed by atoms with van der Waals surface area (Å²) < 4.78 is 1.08. The van der Waals surface area contributed by atoms with Gasteiger partial charge in [0.05, 0.1) is 6.42 Å². The highest BCUT2D eigenvalue weighted by Crippen LogP contribution is 2.11. The van der Waals surface area contributed by atoms with Crippen LogP contribution in [0.3, 0.4) is 0 Å². The summed E-state index contributed by atoms with van der Waals surface area (Å²) in [5.74, 6) is 0.124. The third-order valence-electron chi connectivity index (χ3n) is 2.49. The number of rotatable bonds is 5. The molecule has 0 atom stereocenters. The molecule has 16 heavy (non-hydrogen) atoms. The third-order valence-corrected chi connectivity index (χ3v) is 3.25. The highest BCUT2D eigenvalue weighted by atomic mass is 127. The zero-order chi connectivity index (χ0) is 12.0. The van der Waals surface area contributed by atoms with Crippen molar-refractivity contribution in [1.29, 1.82) is 0 Å². The van der Waals surface area contributed by atoms with Crippen molar-refractivity contribution >= 4 is 28.5 Å². The van der Waals surface area contributed by atoms with Crippen LogP contribution < -0.4 is 5.32 Å². The highest BCUT2D eigenvalue weighted by molar-refractivity contribution is 14.1. The van der Waals surface area contributed by atoms with Crippen LogP contribution >= 0.6 is 22.6 Å². The maximum Gasteiger partial charge on any atom is 0.224 e. The fourth-order valence-corrected chi connectivity index (χ4v) is 1.90. The molecule has 1 rings (SSSR count). The number of aryl methyl sites for hydroxylation is 2. The van der Waals surface area contributed by atoms with E-state index in [0.29, 0.717) is 6.42 Å². The first-order valence-electron chi connectivity index (χ1n) is 5.52. The number of hydrogen-bond donors (Lipinski definition) is 1. The van der Waals surface area contributed by atoms with Gasteiger partial charge in [0, 0.05) is 11.0 Å². The third kappa shape index (κ3) is 4.51. The Morgan fingerprint density at radius 1 is 1.38 bits per heavy atom. The van der Waals surface area contributed by atoms with E-state index in [1.165, 1.54) is 11.1 Å². The van der Waals surface area contributed by atoms with Gasteiger partial charge in [-0.05, 0) is 31.4 Å². The van der Waals surface area contributed by atoms with E-state index in [-0.39, 0.29) is 5.91 Å². The van der Waals surface area contributed by atoms with E-state index >= 15 is 0 Å². The maximum absolute atomic E-state index is 11.6. The van der Waals surface area contributed by atoms with Crippen LogP contribution in [0, 0.1) is 13.8 Å². The van der Waals surface area contributed by atoms with Crippen LogP contribution in [0.15, 0.2) is 18.2 Å². The number of amides is 1. The van der Waals surface area contributed by atoms with Gasteiger partial charge < -0.3 is 5.32 Å². The van der Waals surface area contributed by atoms with Gasteiger partial charge in [-0.1, -0.05) is 46.4 Å². The van der Waals surface area contributed by atoms with E-state index in [2.05, 4.69) is 53.0 Å². The summed E-state index contributed by atoms with van der Waals surface area (Å²) in [6, 6.07) is 6.24. The summed E-state index contributed by atoms with van der Waals surface area (Å²) in [5, 5.41) is 2.94. The largest absolute Gasteiger partial charge is 0.356 e. The van der Waals surface area contributed by atoms with Gasteiger partial charge in [0.15, 0.2) is 0 Å². The molecular weight excluding hydrogens is 313 g/mol. The zero-order valence-electron chi connectivity index (χ0n) is 9.85. The molecule has 88 valence electrons. The molecule has 0 fully saturated rings. The summed E-state index contributed by atoms with van der Waals surface area (Å²) in [4.78, 5) is 11.6. The number of nitrogens with one attached hydrogen (secondary N) is 1. The van der Waals surface area contributed by atoms with Gasteiger partial charge in [-0.3, -0.25) is 4.79 Å². The van der Waals surface area contributed by atoms with Crippen LogP contribution in [0.2, 0.25) is 0 Å². The molecule has 0 saturated carbocycles. The molecular formula is C13H18INO. The Morgan fingerprint density at radius 2 is 2.12 bits per heavy atom. The van der Waals surface area contributed by atoms with Gasteiger partial charge >= 0.3 is 0 Å². The van der Waals surface area contributed by atoms with Crippen LogP contribution in [-0.2, 0) is 11.2 Å². The van der Waals surface area contributed by atoms with E-state index in [9.17, 15) is 4.79 Å². The fourth-order valence-electron chi connectivity index (χ4n) is 1.52. The standard InChI is InChI=1S/C13H18INO/c1-10-4-5-11(2)12(8-10)9-13(16)15-7-3-6-14/h4-5,8H,3,6-7,9H2,1-2H3,(H,15,16). The predicted octanol–water partition coefficient (Wildman–Crippen LogP) is 2.79. The van der Waals surface area contributed by atoms with Crippen molar-refractivity contribution in [1.82, 2.24) is 5.32 Å². The zero-order valence-corrected chi connectivity index (χ0v) is 12.0. The molecule has 3 heteroatoms. The summed E-state index contributed by atoms with van der Waals surface area (Å²) in [6.45, 7) is 4.89. The van der Waals surface area contributed by atoms with Crippen molar-refractivity contribution < 1.29 is 4.79 Å². The minimum Gasteiger partial charge on any atom is -0.356 e. The van der Waals surface area contributed by atoms with E-state index < -0.39 is 0 Å². The molecule has 0 aliphatic carbocycles. The Kier molecular flexibility index (Phi) is 5.80. The topological polar surface area (TPSA) is 29.1 Å². The molecule has 1 N–H and O–H groups in total. The lowest BCUT2D eigenvalue weighted by atomic mass is 10.0. The lowest BCUT2D eigenvalue weighted by Gasteiger charge is -2.07. The highest BCUT2D eigenvalue weighted by Gasteiger charge is 2.05. The molecule has 0 saturated heterocycles. The predicted molar refractivity (Wildman–Crippen MR) is 76.1 cm³/mol. The first-order chi connectivity index (χ1) is 7.63. The van der Waals surface area contributed by atoms with Gasteiger partial charge in [-0.25, -0.2) is 0 Å². The summed E-state index contributed by atoms with van der Waals surface area (Å²) in [5.41, 5.74) is 3.53. The van der Waals surface area contributed by atoms with Gasteiger partial charge in [0.25, 0.3) is 0 Å². The summed E-state index contributed by atoms with van der Waals surface area (Å²) >= 11 is 2.32. The minimum atomic E-state index is 0.124. The SMILES string of the molecule is Cc1ccc(C)c(CC(=O)NCCCI)c1. The second-order valence-corrected chi connectivity index (χ2v) is 5.08. The first kappa shape index (κ1) is 13.5. The first-order valence-corrected chi connectivity index (χ1v) is 7.05. The summed E-state index contributed by atoms with van der Waals surface area (Å²) in [7, 11) is 0. The second kappa shape index (κ2) is 6.89. The molecule has 0 spiro atoms. The van der Waals surface area contributed by atoms with Crippen molar-refractivity contribution in [2.45, 2.75) is 26.7 Å². The van der Waals surface area contributed by atoms with Gasteiger partial charge in [0.1, 0.15) is 0 Å².